The number of hydrazone groups is 1. The van der Waals surface area contributed by atoms with E-state index in [1.54, 1.807) is 16.8 Å². The van der Waals surface area contributed by atoms with Crippen molar-refractivity contribution in [2.45, 2.75) is 52.0 Å². The van der Waals surface area contributed by atoms with Crippen molar-refractivity contribution in [3.05, 3.63) is 47.0 Å². The van der Waals surface area contributed by atoms with Crippen LogP contribution >= 0.6 is 0 Å². The molecule has 2 aromatic rings. The van der Waals surface area contributed by atoms with E-state index in [1.165, 1.54) is 18.3 Å². The summed E-state index contributed by atoms with van der Waals surface area (Å²) in [6, 6.07) is 5.54. The van der Waals surface area contributed by atoms with Gasteiger partial charge in [-0.15, -0.1) is 5.01 Å². The lowest BCUT2D eigenvalue weighted by Crippen LogP contribution is -2.49. The topological polar surface area (TPSA) is 79.6 Å². The SMILES string of the molecule is Cc1nn(-c2ccc(F)cc2)c(C)c1/C=N\N1C(=O)NC2(CCC(C)CC2)C1=O. The van der Waals surface area contributed by atoms with E-state index < -0.39 is 11.6 Å². The van der Waals surface area contributed by atoms with Crippen LogP contribution in [0.15, 0.2) is 29.4 Å². The first kappa shape index (κ1) is 19.3. The number of hydrogen-bond donors (Lipinski definition) is 1. The highest BCUT2D eigenvalue weighted by molar-refractivity contribution is 6.07. The normalized spacial score (nSPS) is 24.7. The van der Waals surface area contributed by atoms with Gasteiger partial charge in [0.1, 0.15) is 11.4 Å². The molecule has 0 radical (unpaired) electrons. The average molecular weight is 397 g/mol. The minimum atomic E-state index is -0.816. The van der Waals surface area contributed by atoms with Gasteiger partial charge in [-0.05, 0) is 69.7 Å². The molecule has 4 rings (SSSR count). The molecule has 29 heavy (non-hydrogen) atoms. The van der Waals surface area contributed by atoms with E-state index in [0.717, 1.165) is 29.2 Å². The summed E-state index contributed by atoms with van der Waals surface area (Å²) < 4.78 is 14.9. The van der Waals surface area contributed by atoms with E-state index in [1.807, 2.05) is 13.8 Å². The lowest BCUT2D eigenvalue weighted by molar-refractivity contribution is -0.132. The molecule has 2 heterocycles. The molecular formula is C21H24FN5O2. The lowest BCUT2D eigenvalue weighted by Gasteiger charge is -2.33. The molecule has 0 atom stereocenters. The van der Waals surface area contributed by atoms with Gasteiger partial charge in [0.05, 0.1) is 23.3 Å². The molecule has 0 unspecified atom stereocenters. The van der Waals surface area contributed by atoms with Crippen molar-refractivity contribution in [2.24, 2.45) is 11.0 Å². The number of benzene rings is 1. The van der Waals surface area contributed by atoms with Crippen molar-refractivity contribution in [1.82, 2.24) is 20.1 Å². The summed E-state index contributed by atoms with van der Waals surface area (Å²) in [5, 5.41) is 12.5. The Hall–Kier alpha value is -3.03. The maximum atomic E-state index is 13.2. The van der Waals surface area contributed by atoms with Gasteiger partial charge in [0.15, 0.2) is 0 Å². The van der Waals surface area contributed by atoms with Crippen LogP contribution in [0.4, 0.5) is 9.18 Å². The second-order valence-electron chi connectivity index (χ2n) is 8.03. The predicted octanol–water partition coefficient (Wildman–Crippen LogP) is 3.46. The molecule has 7 nitrogen and oxygen atoms in total. The Morgan fingerprint density at radius 2 is 1.86 bits per heavy atom. The zero-order chi connectivity index (χ0) is 20.8. The quantitative estimate of drug-likeness (QED) is 0.636. The molecule has 0 bridgehead atoms. The van der Waals surface area contributed by atoms with Crippen molar-refractivity contribution >= 4 is 18.2 Å². The monoisotopic (exact) mass is 397 g/mol. The van der Waals surface area contributed by atoms with Gasteiger partial charge in [-0.3, -0.25) is 4.79 Å². The largest absolute Gasteiger partial charge is 0.346 e. The molecule has 2 fully saturated rings. The number of rotatable bonds is 3. The van der Waals surface area contributed by atoms with Gasteiger partial charge in [-0.25, -0.2) is 13.9 Å². The van der Waals surface area contributed by atoms with Crippen LogP contribution in [-0.4, -0.2) is 38.5 Å². The number of aromatic nitrogens is 2. The molecular weight excluding hydrogens is 373 g/mol. The number of urea groups is 1. The fraction of sp³-hybridized carbons (Fsp3) is 0.429. The van der Waals surface area contributed by atoms with Crippen LogP contribution in [0.2, 0.25) is 0 Å². The van der Waals surface area contributed by atoms with Crippen molar-refractivity contribution in [1.29, 1.82) is 0 Å². The highest BCUT2D eigenvalue weighted by Gasteiger charge is 2.52. The van der Waals surface area contributed by atoms with Crippen LogP contribution < -0.4 is 5.32 Å². The molecule has 1 saturated heterocycles. The Balaban J connectivity index is 1.59. The molecule has 1 spiro atoms. The first-order chi connectivity index (χ1) is 13.8. The van der Waals surface area contributed by atoms with E-state index in [9.17, 15) is 14.0 Å². The summed E-state index contributed by atoms with van der Waals surface area (Å²) in [6.45, 7) is 5.85. The summed E-state index contributed by atoms with van der Waals surface area (Å²) in [6.07, 6.45) is 4.61. The first-order valence-electron chi connectivity index (χ1n) is 9.83. The number of hydrogen-bond acceptors (Lipinski definition) is 4. The van der Waals surface area contributed by atoms with E-state index >= 15 is 0 Å². The smallest absolute Gasteiger partial charge is 0.321 e. The Labute approximate surface area is 168 Å². The van der Waals surface area contributed by atoms with E-state index in [0.29, 0.717) is 30.0 Å². The summed E-state index contributed by atoms with van der Waals surface area (Å²) in [5.41, 5.74) is 2.10. The molecule has 152 valence electrons. The number of imide groups is 1. The summed E-state index contributed by atoms with van der Waals surface area (Å²) in [7, 11) is 0. The van der Waals surface area contributed by atoms with Gasteiger partial charge >= 0.3 is 6.03 Å². The summed E-state index contributed by atoms with van der Waals surface area (Å²) >= 11 is 0. The minimum absolute atomic E-state index is 0.285. The summed E-state index contributed by atoms with van der Waals surface area (Å²) in [5.74, 6) is -0.0426. The zero-order valence-electron chi connectivity index (χ0n) is 16.8. The number of halogens is 1. The highest BCUT2D eigenvalue weighted by Crippen LogP contribution is 2.36. The van der Waals surface area contributed by atoms with Crippen LogP contribution in [0.3, 0.4) is 0 Å². The van der Waals surface area contributed by atoms with Gasteiger partial charge in [-0.2, -0.15) is 10.2 Å². The summed E-state index contributed by atoms with van der Waals surface area (Å²) in [4.78, 5) is 25.3. The van der Waals surface area contributed by atoms with E-state index in [-0.39, 0.29) is 11.7 Å². The van der Waals surface area contributed by atoms with Crippen LogP contribution in [0.1, 0.15) is 49.6 Å². The van der Waals surface area contributed by atoms with Crippen LogP contribution in [0.25, 0.3) is 5.69 Å². The number of nitrogens with one attached hydrogen (secondary N) is 1. The molecule has 8 heteroatoms. The van der Waals surface area contributed by atoms with Crippen molar-refractivity contribution in [3.8, 4) is 5.69 Å². The van der Waals surface area contributed by atoms with E-state index in [4.69, 9.17) is 0 Å². The second kappa shape index (κ2) is 7.09. The Morgan fingerprint density at radius 1 is 1.21 bits per heavy atom. The van der Waals surface area contributed by atoms with Gasteiger partial charge in [-0.1, -0.05) is 6.92 Å². The first-order valence-corrected chi connectivity index (χ1v) is 9.83. The predicted molar refractivity (Wildman–Crippen MR) is 106 cm³/mol. The van der Waals surface area contributed by atoms with Crippen molar-refractivity contribution in [3.63, 3.8) is 0 Å². The third kappa shape index (κ3) is 3.32. The van der Waals surface area contributed by atoms with Crippen molar-refractivity contribution in [2.75, 3.05) is 0 Å². The molecule has 1 saturated carbocycles. The molecule has 1 aromatic carbocycles. The fourth-order valence-corrected chi connectivity index (χ4v) is 4.10. The van der Waals surface area contributed by atoms with Gasteiger partial charge in [0.2, 0.25) is 0 Å². The number of carbonyl (C=O) groups excluding carboxylic acids is 2. The van der Waals surface area contributed by atoms with Crippen LogP contribution in [-0.2, 0) is 4.79 Å². The van der Waals surface area contributed by atoms with Gasteiger partial charge in [0.25, 0.3) is 5.91 Å². The van der Waals surface area contributed by atoms with Gasteiger partial charge in [0, 0.05) is 5.56 Å². The standard InChI is InChI=1S/C21H24FN5O2/c1-13-8-10-21(11-9-13)19(28)27(20(29)24-21)23-12-18-14(2)25-26(15(18)3)17-6-4-16(22)5-7-17/h4-7,12-13H,8-11H2,1-3H3,(H,24,29)/b23-12-. The highest BCUT2D eigenvalue weighted by atomic mass is 19.1. The second-order valence-corrected chi connectivity index (χ2v) is 8.03. The Kier molecular flexibility index (Phi) is 4.72. The van der Waals surface area contributed by atoms with Crippen LogP contribution in [0.5, 0.6) is 0 Å². The molecule has 2 aliphatic rings. The Morgan fingerprint density at radius 3 is 2.52 bits per heavy atom. The third-order valence-electron chi connectivity index (χ3n) is 5.99. The minimum Gasteiger partial charge on any atom is -0.321 e. The molecule has 1 aliphatic heterocycles. The molecule has 3 amide bonds. The maximum absolute atomic E-state index is 13.2. The number of amides is 3. The van der Waals surface area contributed by atoms with E-state index in [2.05, 4.69) is 22.4 Å². The van der Waals surface area contributed by atoms with Gasteiger partial charge < -0.3 is 5.32 Å². The average Bonchev–Trinajstić information content (AvgIpc) is 3.10. The molecule has 1 aliphatic carbocycles. The molecule has 1 aromatic heterocycles. The third-order valence-corrected chi connectivity index (χ3v) is 5.99. The number of nitrogens with zero attached hydrogens (tertiary/aromatic N) is 4. The van der Waals surface area contributed by atoms with Crippen molar-refractivity contribution < 1.29 is 14.0 Å². The number of carbonyl (C=O) groups is 2. The number of aryl methyl sites for hydroxylation is 1. The maximum Gasteiger partial charge on any atom is 0.346 e. The molecule has 1 N–H and O–H groups in total. The Bertz CT molecular complexity index is 987. The fourth-order valence-electron chi connectivity index (χ4n) is 4.10. The zero-order valence-corrected chi connectivity index (χ0v) is 16.8. The lowest BCUT2D eigenvalue weighted by atomic mass is 9.77. The van der Waals surface area contributed by atoms with Crippen LogP contribution in [0, 0.1) is 25.6 Å².